The zero-order valence-corrected chi connectivity index (χ0v) is 7.22. The summed E-state index contributed by atoms with van der Waals surface area (Å²) in [4.78, 5) is 0. The van der Waals surface area contributed by atoms with Crippen molar-refractivity contribution in [3.63, 3.8) is 0 Å². The third kappa shape index (κ3) is 2.16. The van der Waals surface area contributed by atoms with Crippen molar-refractivity contribution in [1.82, 2.24) is 4.31 Å². The van der Waals surface area contributed by atoms with Gasteiger partial charge in [0.1, 0.15) is 0 Å². The Balaban J connectivity index is 2.54. The topological polar surface area (TPSA) is 61.2 Å². The molecular formula is C6H9FN2O2S. The number of nitriles is 1. The molecule has 68 valence electrons. The predicted octanol–water partition coefficient (Wildman–Crippen LogP) is 0.436. The number of halogens is 1. The molecule has 0 bridgehead atoms. The van der Waals surface area contributed by atoms with Gasteiger partial charge >= 0.3 is 10.4 Å². The monoisotopic (exact) mass is 192 g/mol. The highest BCUT2D eigenvalue weighted by Crippen LogP contribution is 2.18. The van der Waals surface area contributed by atoms with Crippen molar-refractivity contribution in [2.24, 2.45) is 5.92 Å². The van der Waals surface area contributed by atoms with E-state index in [0.717, 1.165) is 4.31 Å². The molecule has 0 spiro atoms. The molecule has 1 fully saturated rings. The van der Waals surface area contributed by atoms with E-state index in [-0.39, 0.29) is 19.0 Å². The van der Waals surface area contributed by atoms with E-state index in [1.165, 1.54) is 0 Å². The van der Waals surface area contributed by atoms with Crippen LogP contribution in [0.25, 0.3) is 0 Å². The lowest BCUT2D eigenvalue weighted by Gasteiger charge is -2.24. The predicted molar refractivity (Wildman–Crippen MR) is 39.9 cm³/mol. The molecule has 0 aliphatic carbocycles. The molecule has 4 nitrogen and oxygen atoms in total. The molecule has 0 atom stereocenters. The van der Waals surface area contributed by atoms with Crippen LogP contribution < -0.4 is 0 Å². The first-order valence-electron chi connectivity index (χ1n) is 3.63. The Labute approximate surface area is 70.9 Å². The van der Waals surface area contributed by atoms with Gasteiger partial charge in [-0.25, -0.2) is 0 Å². The van der Waals surface area contributed by atoms with E-state index in [1.807, 2.05) is 6.07 Å². The van der Waals surface area contributed by atoms with Crippen LogP contribution in [0.5, 0.6) is 0 Å². The van der Waals surface area contributed by atoms with Gasteiger partial charge in [0, 0.05) is 19.0 Å². The maximum Gasteiger partial charge on any atom is 0.374 e. The molecule has 0 aromatic heterocycles. The molecule has 0 aromatic rings. The van der Waals surface area contributed by atoms with Crippen LogP contribution in [0.15, 0.2) is 0 Å². The van der Waals surface area contributed by atoms with Gasteiger partial charge in [-0.1, -0.05) is 3.89 Å². The van der Waals surface area contributed by atoms with Crippen LogP contribution in [0.4, 0.5) is 3.89 Å². The standard InChI is InChI=1S/C6H9FN2O2S/c7-12(10,11)9-3-1-6(5-8)2-4-9/h6H,1-4H2. The number of hydrogen-bond donors (Lipinski definition) is 0. The Morgan fingerprint density at radius 1 is 1.42 bits per heavy atom. The summed E-state index contributed by atoms with van der Waals surface area (Å²) in [6.45, 7) is 0.244. The minimum absolute atomic E-state index is 0.122. The normalized spacial score (nSPS) is 22.0. The Hall–Kier alpha value is -0.670. The highest BCUT2D eigenvalue weighted by Gasteiger charge is 2.27. The maximum absolute atomic E-state index is 12.3. The first kappa shape index (κ1) is 9.42. The van der Waals surface area contributed by atoms with Gasteiger partial charge in [-0.05, 0) is 12.8 Å². The van der Waals surface area contributed by atoms with Crippen LogP contribution in [0.3, 0.4) is 0 Å². The summed E-state index contributed by atoms with van der Waals surface area (Å²) in [7, 11) is -4.53. The maximum atomic E-state index is 12.3. The largest absolute Gasteiger partial charge is 0.374 e. The fourth-order valence-electron chi connectivity index (χ4n) is 1.20. The zero-order chi connectivity index (χ0) is 9.19. The van der Waals surface area contributed by atoms with E-state index in [9.17, 15) is 12.3 Å². The van der Waals surface area contributed by atoms with Crippen molar-refractivity contribution in [1.29, 1.82) is 5.26 Å². The van der Waals surface area contributed by atoms with E-state index < -0.39 is 10.4 Å². The molecule has 1 rings (SSSR count). The van der Waals surface area contributed by atoms with Crippen molar-refractivity contribution in [2.75, 3.05) is 13.1 Å². The average molecular weight is 192 g/mol. The highest BCUT2D eigenvalue weighted by atomic mass is 32.3. The number of nitrogens with zero attached hydrogens (tertiary/aromatic N) is 2. The van der Waals surface area contributed by atoms with E-state index in [0.29, 0.717) is 12.8 Å². The number of rotatable bonds is 1. The van der Waals surface area contributed by atoms with Gasteiger partial charge in [0.15, 0.2) is 0 Å². The van der Waals surface area contributed by atoms with Crippen LogP contribution in [0, 0.1) is 17.2 Å². The summed E-state index contributed by atoms with van der Waals surface area (Å²) >= 11 is 0. The Morgan fingerprint density at radius 2 is 1.92 bits per heavy atom. The number of piperidine rings is 1. The fourth-order valence-corrected chi connectivity index (χ4v) is 1.85. The molecule has 0 radical (unpaired) electrons. The lowest BCUT2D eigenvalue weighted by atomic mass is 10.0. The molecule has 0 amide bonds. The van der Waals surface area contributed by atoms with Crippen LogP contribution in [-0.2, 0) is 10.4 Å². The van der Waals surface area contributed by atoms with Gasteiger partial charge in [-0.15, -0.1) is 0 Å². The average Bonchev–Trinajstić information content (AvgIpc) is 2.03. The molecule has 0 unspecified atom stereocenters. The van der Waals surface area contributed by atoms with E-state index in [1.54, 1.807) is 0 Å². The summed E-state index contributed by atoms with van der Waals surface area (Å²) in [5.41, 5.74) is 0. The Kier molecular flexibility index (Phi) is 2.65. The van der Waals surface area contributed by atoms with E-state index >= 15 is 0 Å². The molecule has 0 saturated carbocycles. The van der Waals surface area contributed by atoms with Crippen LogP contribution in [0.2, 0.25) is 0 Å². The van der Waals surface area contributed by atoms with Crippen molar-refractivity contribution < 1.29 is 12.3 Å². The molecule has 1 saturated heterocycles. The molecule has 1 aliphatic heterocycles. The summed E-state index contributed by atoms with van der Waals surface area (Å²) in [5.74, 6) is -0.122. The van der Waals surface area contributed by atoms with Gasteiger partial charge in [0.2, 0.25) is 0 Å². The van der Waals surface area contributed by atoms with Crippen molar-refractivity contribution >= 4 is 10.4 Å². The van der Waals surface area contributed by atoms with Crippen LogP contribution >= 0.6 is 0 Å². The van der Waals surface area contributed by atoms with Crippen molar-refractivity contribution in [3.8, 4) is 6.07 Å². The zero-order valence-electron chi connectivity index (χ0n) is 6.40. The highest BCUT2D eigenvalue weighted by molar-refractivity contribution is 7.83. The van der Waals surface area contributed by atoms with Gasteiger partial charge in [-0.3, -0.25) is 0 Å². The summed E-state index contributed by atoms with van der Waals surface area (Å²) in [5, 5.41) is 8.47. The third-order valence-corrected chi connectivity index (χ3v) is 2.93. The molecule has 6 heteroatoms. The second-order valence-corrected chi connectivity index (χ2v) is 4.09. The molecular weight excluding hydrogens is 183 g/mol. The molecule has 0 N–H and O–H groups in total. The lowest BCUT2D eigenvalue weighted by Crippen LogP contribution is -2.35. The van der Waals surface area contributed by atoms with Gasteiger partial charge in [0.25, 0.3) is 0 Å². The molecule has 1 aliphatic rings. The smallest absolute Gasteiger partial charge is 0.198 e. The molecule has 1 heterocycles. The van der Waals surface area contributed by atoms with Crippen molar-refractivity contribution in [3.05, 3.63) is 0 Å². The minimum Gasteiger partial charge on any atom is -0.198 e. The molecule has 0 aromatic carbocycles. The van der Waals surface area contributed by atoms with Gasteiger partial charge < -0.3 is 0 Å². The van der Waals surface area contributed by atoms with E-state index in [2.05, 4.69) is 0 Å². The summed E-state index contributed by atoms with van der Waals surface area (Å²) < 4.78 is 33.8. The lowest BCUT2D eigenvalue weighted by molar-refractivity contribution is 0.297. The van der Waals surface area contributed by atoms with Gasteiger partial charge in [-0.2, -0.15) is 18.0 Å². The Bertz CT molecular complexity index is 287. The summed E-state index contributed by atoms with van der Waals surface area (Å²) in [6, 6.07) is 2.03. The fraction of sp³-hybridized carbons (Fsp3) is 0.833. The van der Waals surface area contributed by atoms with Crippen LogP contribution in [-0.4, -0.2) is 25.8 Å². The summed E-state index contributed by atoms with van der Waals surface area (Å²) in [6.07, 6.45) is 0.860. The first-order valence-corrected chi connectivity index (χ1v) is 4.97. The second-order valence-electron chi connectivity index (χ2n) is 2.74. The SMILES string of the molecule is N#CC1CCN(S(=O)(=O)F)CC1. The minimum atomic E-state index is -4.53. The Morgan fingerprint density at radius 3 is 2.25 bits per heavy atom. The van der Waals surface area contributed by atoms with E-state index in [4.69, 9.17) is 5.26 Å². The van der Waals surface area contributed by atoms with Crippen molar-refractivity contribution in [2.45, 2.75) is 12.8 Å². The van der Waals surface area contributed by atoms with Crippen LogP contribution in [0.1, 0.15) is 12.8 Å². The second kappa shape index (κ2) is 3.37. The quantitative estimate of drug-likeness (QED) is 0.566. The first-order chi connectivity index (χ1) is 5.54. The number of hydrogen-bond acceptors (Lipinski definition) is 3. The third-order valence-electron chi connectivity index (χ3n) is 1.94. The van der Waals surface area contributed by atoms with Gasteiger partial charge in [0.05, 0.1) is 6.07 Å². The molecule has 12 heavy (non-hydrogen) atoms.